The lowest BCUT2D eigenvalue weighted by Gasteiger charge is -2.13. The molecule has 0 unspecified atom stereocenters. The molecule has 0 radical (unpaired) electrons. The third kappa shape index (κ3) is 2.71. The van der Waals surface area contributed by atoms with E-state index in [-0.39, 0.29) is 0 Å². The van der Waals surface area contributed by atoms with Crippen LogP contribution >= 0.6 is 0 Å². The second-order valence-electron chi connectivity index (χ2n) is 3.15. The Morgan fingerprint density at radius 1 is 1.29 bits per heavy atom. The third-order valence-electron chi connectivity index (χ3n) is 1.90. The van der Waals surface area contributed by atoms with E-state index in [0.717, 1.165) is 17.0 Å². The first kappa shape index (κ1) is 10.5. The van der Waals surface area contributed by atoms with Gasteiger partial charge in [0, 0.05) is 0 Å². The normalized spacial score (nSPS) is 11.2. The van der Waals surface area contributed by atoms with Gasteiger partial charge in [0.05, 0.1) is 11.4 Å². The molecule has 14 heavy (non-hydrogen) atoms. The van der Waals surface area contributed by atoms with Crippen molar-refractivity contribution in [3.8, 4) is 0 Å². The Balaban J connectivity index is 2.82. The van der Waals surface area contributed by atoms with Crippen LogP contribution in [0, 0.1) is 0 Å². The van der Waals surface area contributed by atoms with Crippen LogP contribution in [0.25, 0.3) is 0 Å². The molecule has 0 heterocycles. The van der Waals surface area contributed by atoms with E-state index < -0.39 is 0 Å². The molecule has 0 bridgehead atoms. The molecular formula is C11H15N3. The summed E-state index contributed by atoms with van der Waals surface area (Å²) in [6.07, 6.45) is 0. The van der Waals surface area contributed by atoms with Gasteiger partial charge in [0.2, 0.25) is 0 Å². The molecule has 0 spiro atoms. The van der Waals surface area contributed by atoms with Crippen molar-refractivity contribution in [2.75, 3.05) is 5.12 Å². The van der Waals surface area contributed by atoms with Gasteiger partial charge in [-0.25, -0.2) is 5.84 Å². The van der Waals surface area contributed by atoms with Gasteiger partial charge in [-0.2, -0.15) is 10.2 Å². The molecule has 3 heteroatoms. The summed E-state index contributed by atoms with van der Waals surface area (Å²) in [6, 6.07) is 9.57. The van der Waals surface area contributed by atoms with E-state index in [4.69, 9.17) is 5.84 Å². The molecular weight excluding hydrogens is 174 g/mol. The molecule has 74 valence electrons. The minimum atomic E-state index is 0.830. The summed E-state index contributed by atoms with van der Waals surface area (Å²) in [5, 5.41) is 5.53. The highest BCUT2D eigenvalue weighted by Gasteiger charge is 1.98. The van der Waals surface area contributed by atoms with Gasteiger partial charge in [0.25, 0.3) is 0 Å². The smallest absolute Gasteiger partial charge is 0.0776 e. The number of hydrazine groups is 1. The zero-order chi connectivity index (χ0) is 10.6. The molecule has 0 aliphatic carbocycles. The molecule has 0 fully saturated rings. The van der Waals surface area contributed by atoms with Crippen LogP contribution < -0.4 is 11.0 Å². The van der Waals surface area contributed by atoms with Crippen LogP contribution in [0.15, 0.2) is 47.6 Å². The summed E-state index contributed by atoms with van der Waals surface area (Å²) < 4.78 is 0. The quantitative estimate of drug-likeness (QED) is 0.450. The maximum Gasteiger partial charge on any atom is 0.0776 e. The summed E-state index contributed by atoms with van der Waals surface area (Å²) >= 11 is 0. The van der Waals surface area contributed by atoms with Crippen LogP contribution in [-0.2, 0) is 0 Å². The van der Waals surface area contributed by atoms with Gasteiger partial charge in [-0.05, 0) is 31.6 Å². The summed E-state index contributed by atoms with van der Waals surface area (Å²) in [7, 11) is 0. The first-order valence-electron chi connectivity index (χ1n) is 4.42. The zero-order valence-electron chi connectivity index (χ0n) is 8.57. The lowest BCUT2D eigenvalue weighted by molar-refractivity contribution is 0.923. The Kier molecular flexibility index (Phi) is 3.42. The number of nitrogens with two attached hydrogens (primary N) is 1. The number of rotatable bonds is 3. The van der Waals surface area contributed by atoms with Crippen LogP contribution in [0.1, 0.15) is 13.8 Å². The maximum absolute atomic E-state index is 5.74. The van der Waals surface area contributed by atoms with E-state index in [9.17, 15) is 0 Å². The van der Waals surface area contributed by atoms with Crippen molar-refractivity contribution >= 4 is 11.4 Å². The molecule has 0 aliphatic rings. The Bertz CT molecular complexity index is 341. The largest absolute Gasteiger partial charge is 0.226 e. The number of hydrogen-bond acceptors (Lipinski definition) is 3. The number of hydrazone groups is 1. The lowest BCUT2D eigenvalue weighted by Crippen LogP contribution is -2.25. The Morgan fingerprint density at radius 3 is 2.36 bits per heavy atom. The highest BCUT2D eigenvalue weighted by atomic mass is 15.6. The van der Waals surface area contributed by atoms with Crippen molar-refractivity contribution in [1.82, 2.24) is 0 Å². The van der Waals surface area contributed by atoms with Crippen LogP contribution in [-0.4, -0.2) is 5.71 Å². The van der Waals surface area contributed by atoms with Crippen molar-refractivity contribution in [2.24, 2.45) is 10.9 Å². The monoisotopic (exact) mass is 189 g/mol. The second-order valence-corrected chi connectivity index (χ2v) is 3.15. The summed E-state index contributed by atoms with van der Waals surface area (Å²) in [5.74, 6) is 5.74. The fourth-order valence-corrected chi connectivity index (χ4v) is 0.885. The molecule has 2 N–H and O–H groups in total. The van der Waals surface area contributed by atoms with Gasteiger partial charge in [-0.3, -0.25) is 0 Å². The average Bonchev–Trinajstić information content (AvgIpc) is 2.19. The van der Waals surface area contributed by atoms with Crippen molar-refractivity contribution in [2.45, 2.75) is 13.8 Å². The molecule has 0 amide bonds. The van der Waals surface area contributed by atoms with E-state index in [1.165, 1.54) is 5.12 Å². The van der Waals surface area contributed by atoms with Crippen molar-refractivity contribution < 1.29 is 0 Å². The van der Waals surface area contributed by atoms with Crippen LogP contribution in [0.4, 0.5) is 5.69 Å². The fourth-order valence-electron chi connectivity index (χ4n) is 0.885. The fraction of sp³-hybridized carbons (Fsp3) is 0.182. The standard InChI is InChI=1S/C11H15N3/c1-9(2)10(3)13-14(12)11-7-5-4-6-8-11/h4-8H,1,12H2,2-3H3/b13-10-. The maximum atomic E-state index is 5.74. The number of allylic oxidation sites excluding steroid dienone is 1. The molecule has 0 atom stereocenters. The van der Waals surface area contributed by atoms with Gasteiger partial charge in [0.1, 0.15) is 0 Å². The molecule has 1 rings (SSSR count). The lowest BCUT2D eigenvalue weighted by atomic mass is 10.2. The van der Waals surface area contributed by atoms with Crippen LogP contribution in [0.2, 0.25) is 0 Å². The number of hydrogen-bond donors (Lipinski definition) is 1. The zero-order valence-corrected chi connectivity index (χ0v) is 8.57. The Morgan fingerprint density at radius 2 is 1.86 bits per heavy atom. The van der Waals surface area contributed by atoms with Gasteiger partial charge >= 0.3 is 0 Å². The molecule has 1 aromatic rings. The van der Waals surface area contributed by atoms with Crippen molar-refractivity contribution in [3.05, 3.63) is 42.5 Å². The summed E-state index contributed by atoms with van der Waals surface area (Å²) in [4.78, 5) is 0. The predicted molar refractivity (Wildman–Crippen MR) is 61.0 cm³/mol. The van der Waals surface area contributed by atoms with Gasteiger partial charge < -0.3 is 0 Å². The highest BCUT2D eigenvalue weighted by Crippen LogP contribution is 2.10. The van der Waals surface area contributed by atoms with E-state index in [0.29, 0.717) is 0 Å². The summed E-state index contributed by atoms with van der Waals surface area (Å²) in [6.45, 7) is 7.57. The number of para-hydroxylation sites is 1. The number of benzene rings is 1. The van der Waals surface area contributed by atoms with E-state index in [1.54, 1.807) is 0 Å². The molecule has 1 aromatic carbocycles. The van der Waals surface area contributed by atoms with Gasteiger partial charge in [0.15, 0.2) is 0 Å². The number of nitrogens with zero attached hydrogens (tertiary/aromatic N) is 2. The molecule has 3 nitrogen and oxygen atoms in total. The Labute approximate surface area is 84.5 Å². The summed E-state index contributed by atoms with van der Waals surface area (Å²) in [5.41, 5.74) is 2.60. The second kappa shape index (κ2) is 4.58. The molecule has 0 saturated heterocycles. The molecule has 0 saturated carbocycles. The van der Waals surface area contributed by atoms with Crippen molar-refractivity contribution in [3.63, 3.8) is 0 Å². The van der Waals surface area contributed by atoms with Gasteiger partial charge in [-0.1, -0.05) is 24.8 Å². The van der Waals surface area contributed by atoms with Crippen LogP contribution in [0.5, 0.6) is 0 Å². The average molecular weight is 189 g/mol. The van der Waals surface area contributed by atoms with E-state index >= 15 is 0 Å². The molecule has 0 aromatic heterocycles. The predicted octanol–water partition coefficient (Wildman–Crippen LogP) is 2.32. The van der Waals surface area contributed by atoms with Gasteiger partial charge in [-0.15, -0.1) is 0 Å². The third-order valence-corrected chi connectivity index (χ3v) is 1.90. The highest BCUT2D eigenvalue weighted by molar-refractivity contribution is 5.97. The first-order valence-corrected chi connectivity index (χ1v) is 4.42. The van der Waals surface area contributed by atoms with Crippen molar-refractivity contribution in [1.29, 1.82) is 0 Å². The minimum absolute atomic E-state index is 0.830. The topological polar surface area (TPSA) is 41.6 Å². The SMILES string of the molecule is C=C(C)/C(C)=N\N(N)c1ccccc1. The first-order chi connectivity index (χ1) is 6.61. The molecule has 0 aliphatic heterocycles. The van der Waals surface area contributed by atoms with Crippen LogP contribution in [0.3, 0.4) is 0 Å². The van der Waals surface area contributed by atoms with E-state index in [1.807, 2.05) is 44.2 Å². The minimum Gasteiger partial charge on any atom is -0.226 e. The van der Waals surface area contributed by atoms with E-state index in [2.05, 4.69) is 11.7 Å². The Hall–Kier alpha value is -1.61. The number of anilines is 1.